The number of Topliss-reactive ketones (excluding diaryl/α,β-unsaturated/α-hetero) is 2. The van der Waals surface area contributed by atoms with E-state index in [0.29, 0.717) is 18.8 Å². The smallest absolute Gasteiger partial charge is 0.227 e. The molecule has 1 saturated heterocycles. The summed E-state index contributed by atoms with van der Waals surface area (Å²) >= 11 is 0. The van der Waals surface area contributed by atoms with Crippen molar-refractivity contribution in [2.45, 2.75) is 39.0 Å². The Balaban J connectivity index is 2.07. The van der Waals surface area contributed by atoms with Crippen LogP contribution in [0.25, 0.3) is 0 Å². The molecule has 2 aliphatic rings. The fourth-order valence-corrected chi connectivity index (χ4v) is 2.75. The van der Waals surface area contributed by atoms with Crippen LogP contribution < -0.4 is 5.32 Å². The monoisotopic (exact) mass is 251 g/mol. The molecule has 5 heteroatoms. The van der Waals surface area contributed by atoms with Crippen LogP contribution in [0.4, 0.5) is 0 Å². The van der Waals surface area contributed by atoms with Crippen molar-refractivity contribution in [2.24, 2.45) is 17.8 Å². The van der Waals surface area contributed by atoms with Gasteiger partial charge in [-0.3, -0.25) is 24.5 Å². The zero-order valence-electron chi connectivity index (χ0n) is 10.4. The predicted octanol–water partition coefficient (Wildman–Crippen LogP) is 0.614. The predicted molar refractivity (Wildman–Crippen MR) is 62.4 cm³/mol. The summed E-state index contributed by atoms with van der Waals surface area (Å²) in [5.41, 5.74) is 0. The highest BCUT2D eigenvalue weighted by atomic mass is 16.2. The molecule has 1 saturated carbocycles. The minimum Gasteiger partial charge on any atom is -0.299 e. The summed E-state index contributed by atoms with van der Waals surface area (Å²) in [6, 6.07) is 0. The number of carbonyl (C=O) groups is 4. The zero-order valence-corrected chi connectivity index (χ0v) is 10.4. The van der Waals surface area contributed by atoms with E-state index in [1.807, 2.05) is 6.92 Å². The van der Waals surface area contributed by atoms with Crippen molar-refractivity contribution in [1.82, 2.24) is 5.32 Å². The number of ketones is 2. The number of amides is 2. The summed E-state index contributed by atoms with van der Waals surface area (Å²) in [6.45, 7) is 2.02. The number of hydrogen-bond acceptors (Lipinski definition) is 4. The van der Waals surface area contributed by atoms with E-state index in [1.165, 1.54) is 0 Å². The molecule has 2 atom stereocenters. The average molecular weight is 251 g/mol. The topological polar surface area (TPSA) is 80.3 Å². The molecule has 0 aromatic carbocycles. The SMILES string of the molecule is C[C@H]1CCC(=O)[C@H](C(=O)C2CC(=O)NC(=O)C2)C1. The van der Waals surface area contributed by atoms with Gasteiger partial charge in [-0.2, -0.15) is 0 Å². The van der Waals surface area contributed by atoms with Gasteiger partial charge in [-0.1, -0.05) is 6.92 Å². The molecule has 1 heterocycles. The highest BCUT2D eigenvalue weighted by Crippen LogP contribution is 2.30. The Bertz CT molecular complexity index is 399. The Hall–Kier alpha value is -1.52. The van der Waals surface area contributed by atoms with Crippen molar-refractivity contribution in [3.05, 3.63) is 0 Å². The second-order valence-corrected chi connectivity index (χ2v) is 5.38. The van der Waals surface area contributed by atoms with E-state index in [-0.39, 0.29) is 24.4 Å². The minimum atomic E-state index is -0.606. The van der Waals surface area contributed by atoms with Crippen LogP contribution in [-0.2, 0) is 19.2 Å². The van der Waals surface area contributed by atoms with Crippen LogP contribution in [0, 0.1) is 17.8 Å². The molecule has 1 aliphatic carbocycles. The van der Waals surface area contributed by atoms with Gasteiger partial charge in [0.25, 0.3) is 0 Å². The first kappa shape index (κ1) is 12.9. The molecule has 1 aliphatic heterocycles. The lowest BCUT2D eigenvalue weighted by Gasteiger charge is -2.28. The quantitative estimate of drug-likeness (QED) is 0.576. The third kappa shape index (κ3) is 2.66. The van der Waals surface area contributed by atoms with Crippen molar-refractivity contribution in [1.29, 1.82) is 0 Å². The summed E-state index contributed by atoms with van der Waals surface area (Å²) in [7, 11) is 0. The van der Waals surface area contributed by atoms with Gasteiger partial charge in [0.15, 0.2) is 0 Å². The Labute approximate surface area is 105 Å². The molecular formula is C13H17NO4. The van der Waals surface area contributed by atoms with Crippen molar-refractivity contribution < 1.29 is 19.2 Å². The fraction of sp³-hybridized carbons (Fsp3) is 0.692. The number of piperidine rings is 1. The molecular weight excluding hydrogens is 234 g/mol. The van der Waals surface area contributed by atoms with E-state index in [1.54, 1.807) is 0 Å². The lowest BCUT2D eigenvalue weighted by Crippen LogP contribution is -2.44. The van der Waals surface area contributed by atoms with Gasteiger partial charge in [0.05, 0.1) is 5.92 Å². The molecule has 0 bridgehead atoms. The Morgan fingerprint density at radius 1 is 1.17 bits per heavy atom. The number of carbonyl (C=O) groups excluding carboxylic acids is 4. The van der Waals surface area contributed by atoms with E-state index in [2.05, 4.69) is 5.32 Å². The number of imide groups is 1. The number of rotatable bonds is 2. The molecule has 18 heavy (non-hydrogen) atoms. The number of nitrogens with one attached hydrogen (secondary N) is 1. The molecule has 0 aromatic heterocycles. The van der Waals surface area contributed by atoms with E-state index in [4.69, 9.17) is 0 Å². The van der Waals surface area contributed by atoms with Crippen LogP contribution in [0.15, 0.2) is 0 Å². The lowest BCUT2D eigenvalue weighted by atomic mass is 9.74. The molecule has 1 N–H and O–H groups in total. The average Bonchev–Trinajstić information content (AvgIpc) is 2.30. The van der Waals surface area contributed by atoms with Crippen molar-refractivity contribution >= 4 is 23.4 Å². The summed E-state index contributed by atoms with van der Waals surface area (Å²) in [4.78, 5) is 46.5. The van der Waals surface area contributed by atoms with Gasteiger partial charge in [-0.15, -0.1) is 0 Å². The van der Waals surface area contributed by atoms with Gasteiger partial charge in [0, 0.05) is 25.2 Å². The standard InChI is InChI=1S/C13H17NO4/c1-7-2-3-10(15)9(4-7)13(18)8-5-11(16)14-12(17)6-8/h7-9H,2-6H2,1H3,(H,14,16,17)/t7-,9+/m0/s1. The van der Waals surface area contributed by atoms with Crippen LogP contribution in [0.3, 0.4) is 0 Å². The third-order valence-electron chi connectivity index (χ3n) is 3.80. The molecule has 0 spiro atoms. The zero-order chi connectivity index (χ0) is 13.3. The summed E-state index contributed by atoms with van der Waals surface area (Å²) < 4.78 is 0. The van der Waals surface area contributed by atoms with Crippen LogP contribution in [-0.4, -0.2) is 23.4 Å². The first-order chi connectivity index (χ1) is 8.47. The first-order valence-electron chi connectivity index (χ1n) is 6.36. The summed E-state index contributed by atoms with van der Waals surface area (Å²) in [5.74, 6) is -1.93. The van der Waals surface area contributed by atoms with Crippen molar-refractivity contribution in [2.75, 3.05) is 0 Å². The highest BCUT2D eigenvalue weighted by molar-refractivity contribution is 6.08. The van der Waals surface area contributed by atoms with Gasteiger partial charge in [0.2, 0.25) is 11.8 Å². The molecule has 5 nitrogen and oxygen atoms in total. The second-order valence-electron chi connectivity index (χ2n) is 5.38. The summed E-state index contributed by atoms with van der Waals surface area (Å²) in [5, 5.41) is 2.17. The third-order valence-corrected chi connectivity index (χ3v) is 3.80. The maximum Gasteiger partial charge on any atom is 0.227 e. The lowest BCUT2D eigenvalue weighted by molar-refractivity contribution is -0.145. The summed E-state index contributed by atoms with van der Waals surface area (Å²) in [6.07, 6.45) is 1.88. The largest absolute Gasteiger partial charge is 0.299 e. The van der Waals surface area contributed by atoms with Gasteiger partial charge in [0.1, 0.15) is 11.6 Å². The Morgan fingerprint density at radius 2 is 1.78 bits per heavy atom. The molecule has 2 amide bonds. The molecule has 2 fully saturated rings. The maximum atomic E-state index is 12.2. The van der Waals surface area contributed by atoms with Gasteiger partial charge in [-0.05, 0) is 18.8 Å². The molecule has 2 rings (SSSR count). The highest BCUT2D eigenvalue weighted by Gasteiger charge is 2.39. The van der Waals surface area contributed by atoms with Gasteiger partial charge < -0.3 is 0 Å². The molecule has 0 radical (unpaired) electrons. The van der Waals surface area contributed by atoms with Crippen molar-refractivity contribution in [3.8, 4) is 0 Å². The van der Waals surface area contributed by atoms with E-state index >= 15 is 0 Å². The molecule has 98 valence electrons. The Morgan fingerprint density at radius 3 is 2.39 bits per heavy atom. The first-order valence-corrected chi connectivity index (χ1v) is 6.36. The van der Waals surface area contributed by atoms with Crippen LogP contribution in [0.1, 0.15) is 39.0 Å². The van der Waals surface area contributed by atoms with Gasteiger partial charge in [-0.25, -0.2) is 0 Å². The van der Waals surface area contributed by atoms with E-state index in [9.17, 15) is 19.2 Å². The number of hydrogen-bond donors (Lipinski definition) is 1. The normalized spacial score (nSPS) is 30.2. The minimum absolute atomic E-state index is 0.0305. The van der Waals surface area contributed by atoms with Gasteiger partial charge >= 0.3 is 0 Å². The molecule has 0 aromatic rings. The van der Waals surface area contributed by atoms with Crippen molar-refractivity contribution in [3.63, 3.8) is 0 Å². The van der Waals surface area contributed by atoms with E-state index in [0.717, 1.165) is 6.42 Å². The van der Waals surface area contributed by atoms with Crippen LogP contribution >= 0.6 is 0 Å². The van der Waals surface area contributed by atoms with E-state index < -0.39 is 23.7 Å². The second kappa shape index (κ2) is 5.00. The molecule has 0 unspecified atom stereocenters. The fourth-order valence-electron chi connectivity index (χ4n) is 2.75. The maximum absolute atomic E-state index is 12.2. The van der Waals surface area contributed by atoms with Crippen LogP contribution in [0.2, 0.25) is 0 Å². The van der Waals surface area contributed by atoms with Crippen LogP contribution in [0.5, 0.6) is 0 Å². The Kier molecular flexibility index (Phi) is 3.59.